The number of hydrogen-bond donors (Lipinski definition) is 2. The summed E-state index contributed by atoms with van der Waals surface area (Å²) in [7, 11) is 0. The number of primary amides is 1. The van der Waals surface area contributed by atoms with Crippen LogP contribution in [0.15, 0.2) is 29.0 Å². The second kappa shape index (κ2) is 6.73. The predicted molar refractivity (Wildman–Crippen MR) is 89.4 cm³/mol. The molecule has 21 heavy (non-hydrogen) atoms. The van der Waals surface area contributed by atoms with Crippen LogP contribution >= 0.6 is 22.7 Å². The Hall–Kier alpha value is -1.17. The van der Waals surface area contributed by atoms with E-state index in [1.54, 1.807) is 11.3 Å². The van der Waals surface area contributed by atoms with Crippen molar-refractivity contribution in [1.82, 2.24) is 5.32 Å². The summed E-state index contributed by atoms with van der Waals surface area (Å²) < 4.78 is 0. The lowest BCUT2D eigenvalue weighted by Crippen LogP contribution is -2.36. The van der Waals surface area contributed by atoms with E-state index >= 15 is 0 Å². The molecular weight excluding hydrogens is 300 g/mol. The smallest absolute Gasteiger partial charge is 0.220 e. The molecular formula is C16H20N2OS2. The number of carbonyl (C=O) groups excluding carboxylic acids is 1. The van der Waals surface area contributed by atoms with E-state index in [-0.39, 0.29) is 11.8 Å². The Morgan fingerprint density at radius 3 is 2.76 bits per heavy atom. The first-order valence-corrected chi connectivity index (χ1v) is 9.12. The molecule has 2 aromatic heterocycles. The Morgan fingerprint density at radius 2 is 2.10 bits per heavy atom. The van der Waals surface area contributed by atoms with Crippen molar-refractivity contribution in [2.45, 2.75) is 38.3 Å². The predicted octanol–water partition coefficient (Wildman–Crippen LogP) is 3.61. The standard InChI is InChI=1S/C16H20N2OS2/c17-16(19)11-3-5-13(6-4-11)18-9-14-8-12(10-21-14)15-2-1-7-20-15/h1-2,7-8,10-11,13,18H,3-6,9H2,(H2,17,19). The number of thiophene rings is 2. The molecule has 0 aliphatic heterocycles. The first kappa shape index (κ1) is 14.8. The fourth-order valence-corrected chi connectivity index (χ4v) is 4.50. The highest BCUT2D eigenvalue weighted by atomic mass is 32.1. The van der Waals surface area contributed by atoms with E-state index in [0.29, 0.717) is 6.04 Å². The van der Waals surface area contributed by atoms with Crippen molar-refractivity contribution in [1.29, 1.82) is 0 Å². The summed E-state index contributed by atoms with van der Waals surface area (Å²) in [5.74, 6) is -0.0393. The molecule has 0 atom stereocenters. The molecule has 1 fully saturated rings. The van der Waals surface area contributed by atoms with Gasteiger partial charge in [0.2, 0.25) is 5.91 Å². The van der Waals surface area contributed by atoms with E-state index in [4.69, 9.17) is 5.73 Å². The zero-order valence-corrected chi connectivity index (χ0v) is 13.5. The number of hydrogen-bond acceptors (Lipinski definition) is 4. The van der Waals surface area contributed by atoms with E-state index < -0.39 is 0 Å². The summed E-state index contributed by atoms with van der Waals surface area (Å²) in [5, 5.41) is 7.96. The summed E-state index contributed by atoms with van der Waals surface area (Å²) in [4.78, 5) is 13.9. The van der Waals surface area contributed by atoms with Crippen molar-refractivity contribution in [3.8, 4) is 10.4 Å². The van der Waals surface area contributed by atoms with E-state index in [1.165, 1.54) is 15.3 Å². The molecule has 1 aliphatic carbocycles. The van der Waals surface area contributed by atoms with Gasteiger partial charge in [-0.1, -0.05) is 6.07 Å². The second-order valence-electron chi connectivity index (χ2n) is 5.61. The van der Waals surface area contributed by atoms with E-state index in [2.05, 4.69) is 34.3 Å². The van der Waals surface area contributed by atoms with Gasteiger partial charge in [-0.15, -0.1) is 22.7 Å². The van der Waals surface area contributed by atoms with Crippen LogP contribution < -0.4 is 11.1 Å². The third-order valence-corrected chi connectivity index (χ3v) is 6.01. The molecule has 1 saturated carbocycles. The summed E-state index contributed by atoms with van der Waals surface area (Å²) >= 11 is 3.59. The number of nitrogens with two attached hydrogens (primary N) is 1. The fourth-order valence-electron chi connectivity index (χ4n) is 2.87. The maximum atomic E-state index is 11.2. The minimum atomic E-state index is -0.132. The average Bonchev–Trinajstić information content (AvgIpc) is 3.16. The van der Waals surface area contributed by atoms with Crippen molar-refractivity contribution < 1.29 is 4.79 Å². The maximum absolute atomic E-state index is 11.2. The molecule has 0 bridgehead atoms. The van der Waals surface area contributed by atoms with Gasteiger partial charge in [-0.3, -0.25) is 4.79 Å². The average molecular weight is 320 g/mol. The first-order valence-electron chi connectivity index (χ1n) is 7.36. The summed E-state index contributed by atoms with van der Waals surface area (Å²) in [6.45, 7) is 0.919. The van der Waals surface area contributed by atoms with Crippen molar-refractivity contribution in [3.63, 3.8) is 0 Å². The van der Waals surface area contributed by atoms with Crippen molar-refractivity contribution in [3.05, 3.63) is 33.8 Å². The monoisotopic (exact) mass is 320 g/mol. The molecule has 3 N–H and O–H groups in total. The van der Waals surface area contributed by atoms with Crippen LogP contribution in [0.1, 0.15) is 30.6 Å². The highest BCUT2D eigenvalue weighted by Gasteiger charge is 2.24. The van der Waals surface area contributed by atoms with E-state index in [0.717, 1.165) is 32.2 Å². The fraction of sp³-hybridized carbons (Fsp3) is 0.438. The summed E-state index contributed by atoms with van der Waals surface area (Å²) in [5.41, 5.74) is 6.69. The van der Waals surface area contributed by atoms with Gasteiger partial charge in [-0.25, -0.2) is 0 Å². The number of rotatable bonds is 5. The Balaban J connectivity index is 1.49. The largest absolute Gasteiger partial charge is 0.369 e. The summed E-state index contributed by atoms with van der Waals surface area (Å²) in [6.07, 6.45) is 3.96. The van der Waals surface area contributed by atoms with Crippen molar-refractivity contribution in [2.24, 2.45) is 11.7 Å². The molecule has 0 spiro atoms. The van der Waals surface area contributed by atoms with E-state index in [1.807, 2.05) is 11.3 Å². The van der Waals surface area contributed by atoms with Crippen LogP contribution in [0.4, 0.5) is 0 Å². The van der Waals surface area contributed by atoms with Crippen LogP contribution in [0, 0.1) is 5.92 Å². The van der Waals surface area contributed by atoms with E-state index in [9.17, 15) is 4.79 Å². The minimum Gasteiger partial charge on any atom is -0.369 e. The Kier molecular flexibility index (Phi) is 4.73. The van der Waals surface area contributed by atoms with Crippen LogP contribution in [-0.4, -0.2) is 11.9 Å². The molecule has 2 aromatic rings. The van der Waals surface area contributed by atoms with Gasteiger partial charge in [0.1, 0.15) is 0 Å². The molecule has 3 rings (SSSR count). The van der Waals surface area contributed by atoms with Gasteiger partial charge in [0.15, 0.2) is 0 Å². The van der Waals surface area contributed by atoms with Crippen LogP contribution in [0.2, 0.25) is 0 Å². The topological polar surface area (TPSA) is 55.1 Å². The first-order chi connectivity index (χ1) is 10.2. The Morgan fingerprint density at radius 1 is 1.29 bits per heavy atom. The molecule has 0 saturated heterocycles. The summed E-state index contributed by atoms with van der Waals surface area (Å²) in [6, 6.07) is 7.05. The minimum absolute atomic E-state index is 0.0928. The van der Waals surface area contributed by atoms with Crippen LogP contribution in [-0.2, 0) is 11.3 Å². The van der Waals surface area contributed by atoms with Gasteiger partial charge >= 0.3 is 0 Å². The van der Waals surface area contributed by atoms with Gasteiger partial charge < -0.3 is 11.1 Å². The lowest BCUT2D eigenvalue weighted by molar-refractivity contribution is -0.122. The van der Waals surface area contributed by atoms with Crippen LogP contribution in [0.3, 0.4) is 0 Å². The zero-order valence-electron chi connectivity index (χ0n) is 11.9. The highest BCUT2D eigenvalue weighted by Crippen LogP contribution is 2.29. The normalized spacial score (nSPS) is 22.3. The number of amides is 1. The highest BCUT2D eigenvalue weighted by molar-refractivity contribution is 7.14. The molecule has 5 heteroatoms. The molecule has 0 unspecified atom stereocenters. The molecule has 2 heterocycles. The van der Waals surface area contributed by atoms with Gasteiger partial charge in [0.25, 0.3) is 0 Å². The molecule has 1 amide bonds. The SMILES string of the molecule is NC(=O)C1CCC(NCc2cc(-c3cccs3)cs2)CC1. The second-order valence-corrected chi connectivity index (χ2v) is 7.55. The third kappa shape index (κ3) is 3.73. The van der Waals surface area contributed by atoms with Crippen molar-refractivity contribution in [2.75, 3.05) is 0 Å². The lowest BCUT2D eigenvalue weighted by Gasteiger charge is -2.27. The molecule has 0 radical (unpaired) electrons. The third-order valence-electron chi connectivity index (χ3n) is 4.15. The number of carbonyl (C=O) groups is 1. The van der Waals surface area contributed by atoms with Crippen molar-refractivity contribution >= 4 is 28.6 Å². The quantitative estimate of drug-likeness (QED) is 0.884. The van der Waals surface area contributed by atoms with Gasteiger partial charge in [-0.05, 0) is 48.6 Å². The van der Waals surface area contributed by atoms with Gasteiger partial charge in [-0.2, -0.15) is 0 Å². The molecule has 0 aromatic carbocycles. The Labute approximate surface area is 133 Å². The molecule has 1 aliphatic rings. The Bertz CT molecular complexity index is 583. The van der Waals surface area contributed by atoms with Gasteiger partial charge in [0.05, 0.1) is 0 Å². The lowest BCUT2D eigenvalue weighted by atomic mass is 9.85. The van der Waals surface area contributed by atoms with Crippen LogP contribution in [0.5, 0.6) is 0 Å². The zero-order chi connectivity index (χ0) is 14.7. The molecule has 112 valence electrons. The number of nitrogens with one attached hydrogen (secondary N) is 1. The maximum Gasteiger partial charge on any atom is 0.220 e. The molecule has 3 nitrogen and oxygen atoms in total. The van der Waals surface area contributed by atoms with Crippen LogP contribution in [0.25, 0.3) is 10.4 Å². The van der Waals surface area contributed by atoms with Gasteiger partial charge in [0, 0.05) is 33.8 Å².